The molecule has 0 spiro atoms. The normalized spacial score (nSPS) is 12.0. The van der Waals surface area contributed by atoms with Crippen molar-refractivity contribution in [3.63, 3.8) is 0 Å². The third kappa shape index (κ3) is 4.60. The van der Waals surface area contributed by atoms with Crippen LogP contribution in [0.15, 0.2) is 194 Å². The first-order chi connectivity index (χ1) is 27.3. The van der Waals surface area contributed by atoms with Crippen molar-refractivity contribution < 1.29 is 0 Å². The van der Waals surface area contributed by atoms with Gasteiger partial charge in [0.05, 0.1) is 22.1 Å². The molecule has 0 radical (unpaired) electrons. The largest absolute Gasteiger partial charge is 0.309 e. The number of para-hydroxylation sites is 3. The molecule has 0 atom stereocenters. The molecule has 2 nitrogen and oxygen atoms in total. The van der Waals surface area contributed by atoms with Gasteiger partial charge >= 0.3 is 0 Å². The van der Waals surface area contributed by atoms with Crippen LogP contribution in [0.5, 0.6) is 0 Å². The van der Waals surface area contributed by atoms with Gasteiger partial charge < -0.3 is 9.13 Å². The Morgan fingerprint density at radius 1 is 0.309 bits per heavy atom. The third-order valence-corrected chi connectivity index (χ3v) is 12.7. The van der Waals surface area contributed by atoms with Gasteiger partial charge in [-0.3, -0.25) is 0 Å². The fourth-order valence-electron chi connectivity index (χ4n) is 8.95. The minimum atomic E-state index is 1.17. The number of fused-ring (bicyclic) bond motifs is 10. The second-order valence-corrected chi connectivity index (χ2v) is 15.6. The van der Waals surface area contributed by atoms with E-state index in [-0.39, 0.29) is 0 Å². The van der Waals surface area contributed by atoms with Crippen molar-refractivity contribution in [3.05, 3.63) is 194 Å². The summed E-state index contributed by atoms with van der Waals surface area (Å²) in [5.41, 5.74) is 12.1. The molecule has 3 heterocycles. The second kappa shape index (κ2) is 11.8. The van der Waals surface area contributed by atoms with E-state index in [2.05, 4.69) is 203 Å². The summed E-state index contributed by atoms with van der Waals surface area (Å²) in [6.45, 7) is 0. The molecule has 3 heteroatoms. The summed E-state index contributed by atoms with van der Waals surface area (Å²) in [7, 11) is 0. The Kier molecular flexibility index (Phi) is 6.54. The molecular weight excluding hydrogens is 685 g/mol. The molecule has 0 aliphatic heterocycles. The van der Waals surface area contributed by atoms with Crippen molar-refractivity contribution in [2.75, 3.05) is 0 Å². The average molecular weight is 717 g/mol. The molecule has 12 rings (SSSR count). The summed E-state index contributed by atoms with van der Waals surface area (Å²) in [5, 5.41) is 10.1. The lowest BCUT2D eigenvalue weighted by Gasteiger charge is -2.13. The van der Waals surface area contributed by atoms with Crippen molar-refractivity contribution in [1.82, 2.24) is 9.13 Å². The zero-order valence-electron chi connectivity index (χ0n) is 29.8. The number of thiophene rings is 1. The van der Waals surface area contributed by atoms with E-state index in [1.165, 1.54) is 108 Å². The van der Waals surface area contributed by atoms with Crippen LogP contribution in [0, 0.1) is 0 Å². The highest BCUT2D eigenvalue weighted by Gasteiger charge is 2.19. The standard InChI is InChI=1S/C52H32N2S/c1-2-14-38(15-3-1)53-47-19-9-6-16-40(47)44-29-35(24-26-49(44)53)36-25-27-50-45(30-36)41-17-7-10-20-48(41)54(50)39-31-43(37-23-22-33-12-4-5-13-34(33)28-37)52-46(32-39)42-18-8-11-21-51(42)55-52/h1-32H. The maximum Gasteiger partial charge on any atom is 0.0541 e. The Balaban J connectivity index is 1.08. The summed E-state index contributed by atoms with van der Waals surface area (Å²) >= 11 is 1.89. The molecule has 0 saturated heterocycles. The predicted molar refractivity (Wildman–Crippen MR) is 236 cm³/mol. The lowest BCUT2D eigenvalue weighted by Crippen LogP contribution is -1.95. The lowest BCUT2D eigenvalue weighted by atomic mass is 9.98. The van der Waals surface area contributed by atoms with Crippen LogP contribution in [-0.4, -0.2) is 9.13 Å². The Morgan fingerprint density at radius 3 is 1.56 bits per heavy atom. The van der Waals surface area contributed by atoms with Crippen LogP contribution in [0.1, 0.15) is 0 Å². The number of nitrogens with zero attached hydrogens (tertiary/aromatic N) is 2. The molecule has 0 saturated carbocycles. The minimum Gasteiger partial charge on any atom is -0.309 e. The molecular formula is C52H32N2S. The maximum absolute atomic E-state index is 2.47. The summed E-state index contributed by atoms with van der Waals surface area (Å²) in [6.07, 6.45) is 0. The number of aromatic nitrogens is 2. The van der Waals surface area contributed by atoms with Crippen LogP contribution < -0.4 is 0 Å². The zero-order chi connectivity index (χ0) is 36.0. The van der Waals surface area contributed by atoms with Crippen LogP contribution in [0.2, 0.25) is 0 Å². The van der Waals surface area contributed by atoms with Crippen molar-refractivity contribution in [1.29, 1.82) is 0 Å². The van der Waals surface area contributed by atoms with E-state index in [1.807, 2.05) is 11.3 Å². The van der Waals surface area contributed by atoms with Gasteiger partial charge in [0.25, 0.3) is 0 Å². The Bertz CT molecular complexity index is 3490. The average Bonchev–Trinajstić information content (AvgIpc) is 3.91. The van der Waals surface area contributed by atoms with Gasteiger partial charge in [0, 0.05) is 58.7 Å². The van der Waals surface area contributed by atoms with Crippen LogP contribution in [-0.2, 0) is 0 Å². The smallest absolute Gasteiger partial charge is 0.0541 e. The lowest BCUT2D eigenvalue weighted by molar-refractivity contribution is 1.18. The summed E-state index contributed by atoms with van der Waals surface area (Å²) in [5.74, 6) is 0. The monoisotopic (exact) mass is 716 g/mol. The molecule has 12 aromatic rings. The van der Waals surface area contributed by atoms with Gasteiger partial charge in [-0.25, -0.2) is 0 Å². The van der Waals surface area contributed by atoms with Gasteiger partial charge in [0.1, 0.15) is 0 Å². The second-order valence-electron chi connectivity index (χ2n) is 14.5. The first-order valence-corrected chi connectivity index (χ1v) is 19.7. The minimum absolute atomic E-state index is 1.17. The first-order valence-electron chi connectivity index (χ1n) is 18.8. The van der Waals surface area contributed by atoms with Gasteiger partial charge in [-0.2, -0.15) is 0 Å². The fraction of sp³-hybridized carbons (Fsp3) is 0. The fourth-order valence-corrected chi connectivity index (χ4v) is 10.2. The number of benzene rings is 9. The predicted octanol–water partition coefficient (Wildman–Crippen LogP) is 14.7. The summed E-state index contributed by atoms with van der Waals surface area (Å²) < 4.78 is 7.49. The Morgan fingerprint density at radius 2 is 0.855 bits per heavy atom. The zero-order valence-corrected chi connectivity index (χ0v) is 30.6. The van der Waals surface area contributed by atoms with Crippen LogP contribution in [0.25, 0.3) is 108 Å². The van der Waals surface area contributed by atoms with E-state index in [0.717, 1.165) is 0 Å². The van der Waals surface area contributed by atoms with Gasteiger partial charge in [-0.15, -0.1) is 11.3 Å². The van der Waals surface area contributed by atoms with Gasteiger partial charge in [-0.1, -0.05) is 121 Å². The molecule has 0 bridgehead atoms. The molecule has 9 aromatic carbocycles. The summed E-state index contributed by atoms with van der Waals surface area (Å²) in [4.78, 5) is 0. The molecule has 0 N–H and O–H groups in total. The van der Waals surface area contributed by atoms with Crippen molar-refractivity contribution in [3.8, 4) is 33.6 Å². The Hall–Kier alpha value is -6.94. The van der Waals surface area contributed by atoms with Crippen molar-refractivity contribution in [2.45, 2.75) is 0 Å². The van der Waals surface area contributed by atoms with Crippen molar-refractivity contribution >= 4 is 85.9 Å². The molecule has 0 aliphatic rings. The SMILES string of the molecule is c1ccc(-n2c3ccccc3c3cc(-c4ccc5c(c4)c4ccccc4n5-c4cc(-c5ccc6ccccc6c5)c5sc6ccccc6c5c4)ccc32)cc1. The molecule has 0 unspecified atom stereocenters. The summed E-state index contributed by atoms with van der Waals surface area (Å²) in [6, 6.07) is 71.5. The number of hydrogen-bond acceptors (Lipinski definition) is 1. The van der Waals surface area contributed by atoms with E-state index < -0.39 is 0 Å². The molecule has 0 aliphatic carbocycles. The van der Waals surface area contributed by atoms with E-state index >= 15 is 0 Å². The van der Waals surface area contributed by atoms with Crippen molar-refractivity contribution in [2.24, 2.45) is 0 Å². The highest BCUT2D eigenvalue weighted by Crippen LogP contribution is 2.44. The van der Waals surface area contributed by atoms with E-state index in [1.54, 1.807) is 0 Å². The number of hydrogen-bond donors (Lipinski definition) is 0. The molecule has 3 aromatic heterocycles. The molecule has 256 valence electrons. The Labute approximate surface area is 321 Å². The topological polar surface area (TPSA) is 9.86 Å². The van der Waals surface area contributed by atoms with E-state index in [9.17, 15) is 0 Å². The van der Waals surface area contributed by atoms with E-state index in [4.69, 9.17) is 0 Å². The number of rotatable bonds is 4. The molecule has 55 heavy (non-hydrogen) atoms. The van der Waals surface area contributed by atoms with Gasteiger partial charge in [0.15, 0.2) is 0 Å². The van der Waals surface area contributed by atoms with Gasteiger partial charge in [0.2, 0.25) is 0 Å². The maximum atomic E-state index is 2.47. The first kappa shape index (κ1) is 30.5. The highest BCUT2D eigenvalue weighted by atomic mass is 32.1. The quantitative estimate of drug-likeness (QED) is 0.172. The van der Waals surface area contributed by atoms with Gasteiger partial charge in [-0.05, 0) is 100 Å². The van der Waals surface area contributed by atoms with E-state index in [0.29, 0.717) is 0 Å². The van der Waals surface area contributed by atoms with Crippen LogP contribution in [0.3, 0.4) is 0 Å². The molecule has 0 amide bonds. The van der Waals surface area contributed by atoms with Crippen LogP contribution >= 0.6 is 11.3 Å². The van der Waals surface area contributed by atoms with Crippen LogP contribution in [0.4, 0.5) is 0 Å². The third-order valence-electron chi connectivity index (χ3n) is 11.5. The molecule has 0 fully saturated rings. The highest BCUT2D eigenvalue weighted by molar-refractivity contribution is 7.26.